The quantitative estimate of drug-likeness (QED) is 0.676. The molecule has 0 saturated heterocycles. The van der Waals surface area contributed by atoms with Crippen molar-refractivity contribution in [2.24, 2.45) is 0 Å². The maximum Gasteiger partial charge on any atom is 0.175 e. The first-order chi connectivity index (χ1) is 9.81. The number of benzene rings is 1. The van der Waals surface area contributed by atoms with Gasteiger partial charge in [0.15, 0.2) is 8.68 Å². The number of rotatable bonds is 5. The first-order valence-electron chi connectivity index (χ1n) is 6.01. The molecule has 1 aromatic heterocycles. The summed E-state index contributed by atoms with van der Waals surface area (Å²) in [5, 5.41) is 16.9. The van der Waals surface area contributed by atoms with Gasteiger partial charge in [0, 0.05) is 17.7 Å². The third-order valence-corrected chi connectivity index (χ3v) is 5.45. The van der Waals surface area contributed by atoms with Gasteiger partial charge in [0.1, 0.15) is 0 Å². The summed E-state index contributed by atoms with van der Waals surface area (Å²) in [6.07, 6.45) is 2.53. The highest BCUT2D eigenvalue weighted by Gasteiger charge is 2.03. The van der Waals surface area contributed by atoms with Crippen molar-refractivity contribution < 1.29 is 5.11 Å². The molecule has 2 rings (SSSR count). The zero-order valence-corrected chi connectivity index (χ0v) is 13.4. The maximum atomic E-state index is 8.67. The van der Waals surface area contributed by atoms with Crippen LogP contribution in [-0.4, -0.2) is 28.2 Å². The van der Waals surface area contributed by atoms with Gasteiger partial charge in [-0.25, -0.2) is 0 Å². The fourth-order valence-electron chi connectivity index (χ4n) is 1.39. The molecule has 0 aliphatic carbocycles. The fourth-order valence-corrected chi connectivity index (χ4v) is 3.78. The molecule has 104 valence electrons. The highest BCUT2D eigenvalue weighted by atomic mass is 32.2. The van der Waals surface area contributed by atoms with Crippen LogP contribution in [0.15, 0.2) is 32.9 Å². The molecule has 0 amide bonds. The molecule has 20 heavy (non-hydrogen) atoms. The minimum atomic E-state index is 0.113. The van der Waals surface area contributed by atoms with E-state index in [1.165, 1.54) is 5.56 Å². The van der Waals surface area contributed by atoms with E-state index in [1.807, 2.05) is 18.4 Å². The predicted octanol–water partition coefficient (Wildman–Crippen LogP) is 3.29. The van der Waals surface area contributed by atoms with Crippen LogP contribution < -0.4 is 0 Å². The topological polar surface area (TPSA) is 46.0 Å². The molecule has 0 spiro atoms. The van der Waals surface area contributed by atoms with Gasteiger partial charge in [0.2, 0.25) is 0 Å². The molecule has 0 saturated carbocycles. The molecule has 0 aliphatic heterocycles. The zero-order chi connectivity index (χ0) is 14.2. The number of aromatic nitrogens is 2. The van der Waals surface area contributed by atoms with E-state index in [0.717, 1.165) is 20.0 Å². The van der Waals surface area contributed by atoms with Crippen LogP contribution in [0.1, 0.15) is 17.5 Å². The van der Waals surface area contributed by atoms with Crippen molar-refractivity contribution in [2.45, 2.75) is 20.9 Å². The lowest BCUT2D eigenvalue weighted by Crippen LogP contribution is -1.82. The van der Waals surface area contributed by atoms with Gasteiger partial charge in [0.05, 0.1) is 6.61 Å². The Balaban J connectivity index is 1.89. The Hall–Kier alpha value is -1.00. The third-order valence-electron chi connectivity index (χ3n) is 2.35. The number of nitrogens with zero attached hydrogens (tertiary/aromatic N) is 2. The Morgan fingerprint density at radius 3 is 2.60 bits per heavy atom. The summed E-state index contributed by atoms with van der Waals surface area (Å²) >= 11 is 4.95. The summed E-state index contributed by atoms with van der Waals surface area (Å²) in [5.74, 6) is 6.81. The zero-order valence-electron chi connectivity index (χ0n) is 11.0. The number of aliphatic hydroxyl groups is 1. The minimum absolute atomic E-state index is 0.113. The van der Waals surface area contributed by atoms with Crippen LogP contribution in [-0.2, 0) is 5.75 Å². The number of hydrogen-bond acceptors (Lipinski definition) is 6. The van der Waals surface area contributed by atoms with Crippen molar-refractivity contribution in [1.82, 2.24) is 10.2 Å². The molecule has 3 nitrogen and oxygen atoms in total. The van der Waals surface area contributed by atoms with Crippen molar-refractivity contribution in [2.75, 3.05) is 12.9 Å². The summed E-state index contributed by atoms with van der Waals surface area (Å²) in [6.45, 7) is 0.113. The van der Waals surface area contributed by atoms with Gasteiger partial charge in [0.25, 0.3) is 0 Å². The lowest BCUT2D eigenvalue weighted by atomic mass is 10.1. The van der Waals surface area contributed by atoms with Crippen molar-refractivity contribution in [3.8, 4) is 11.8 Å². The number of hydrogen-bond donors (Lipinski definition) is 1. The molecule has 0 aliphatic rings. The Bertz CT molecular complexity index is 599. The van der Waals surface area contributed by atoms with Gasteiger partial charge in [-0.2, -0.15) is 0 Å². The molecule has 0 atom stereocenters. The van der Waals surface area contributed by atoms with Crippen LogP contribution in [0.25, 0.3) is 0 Å². The van der Waals surface area contributed by atoms with Crippen LogP contribution in [0.5, 0.6) is 0 Å². The van der Waals surface area contributed by atoms with Gasteiger partial charge < -0.3 is 5.11 Å². The van der Waals surface area contributed by atoms with Crippen LogP contribution >= 0.6 is 34.9 Å². The molecule has 0 radical (unpaired) electrons. The van der Waals surface area contributed by atoms with Gasteiger partial charge >= 0.3 is 0 Å². The van der Waals surface area contributed by atoms with E-state index in [4.69, 9.17) is 5.11 Å². The Labute approximate surface area is 131 Å². The number of thioether (sulfide) groups is 2. The van der Waals surface area contributed by atoms with Gasteiger partial charge in [-0.15, -0.1) is 10.2 Å². The molecular weight excluding hydrogens is 308 g/mol. The van der Waals surface area contributed by atoms with Gasteiger partial charge in [-0.05, 0) is 24.0 Å². The summed E-state index contributed by atoms with van der Waals surface area (Å²) in [7, 11) is 0. The van der Waals surface area contributed by atoms with Crippen molar-refractivity contribution in [1.29, 1.82) is 0 Å². The van der Waals surface area contributed by atoms with Crippen molar-refractivity contribution >= 4 is 34.9 Å². The standard InChI is InChI=1S/C14H14N2OS3/c1-18-13-15-16-14(20-13)19-10-12-7-5-11(6-8-12)4-2-3-9-17/h5-8,17H,3,9-10H2,1H3. The monoisotopic (exact) mass is 322 g/mol. The third kappa shape index (κ3) is 4.84. The van der Waals surface area contributed by atoms with Gasteiger partial charge in [-0.3, -0.25) is 0 Å². The Morgan fingerprint density at radius 2 is 1.95 bits per heavy atom. The first-order valence-corrected chi connectivity index (χ1v) is 9.03. The largest absolute Gasteiger partial charge is 0.395 e. The molecule has 1 N–H and O–H groups in total. The minimum Gasteiger partial charge on any atom is -0.395 e. The second-order valence-electron chi connectivity index (χ2n) is 3.80. The Kier molecular flexibility index (Phi) is 6.40. The van der Waals surface area contributed by atoms with Crippen molar-refractivity contribution in [3.05, 3.63) is 35.4 Å². The fraction of sp³-hybridized carbons (Fsp3) is 0.286. The predicted molar refractivity (Wildman–Crippen MR) is 86.3 cm³/mol. The van der Waals surface area contributed by atoms with Crippen LogP contribution in [0, 0.1) is 11.8 Å². The molecular formula is C14H14N2OS3. The summed E-state index contributed by atoms with van der Waals surface area (Å²) in [6, 6.07) is 8.17. The van der Waals surface area contributed by atoms with Crippen molar-refractivity contribution in [3.63, 3.8) is 0 Å². The SMILES string of the molecule is CSc1nnc(SCc2ccc(C#CCCO)cc2)s1. The van der Waals surface area contributed by atoms with E-state index in [0.29, 0.717) is 6.42 Å². The average molecular weight is 322 g/mol. The van der Waals surface area contributed by atoms with Crippen LogP contribution in [0.4, 0.5) is 0 Å². The van der Waals surface area contributed by atoms with E-state index in [9.17, 15) is 0 Å². The first kappa shape index (κ1) is 15.4. The summed E-state index contributed by atoms with van der Waals surface area (Å²) in [5.41, 5.74) is 2.22. The average Bonchev–Trinajstić information content (AvgIpc) is 2.95. The Morgan fingerprint density at radius 1 is 1.20 bits per heavy atom. The second-order valence-corrected chi connectivity index (χ2v) is 7.05. The molecule has 0 fully saturated rings. The maximum absolute atomic E-state index is 8.67. The van der Waals surface area contributed by atoms with Gasteiger partial charge in [-0.1, -0.05) is 58.8 Å². The molecule has 0 unspecified atom stereocenters. The summed E-state index contributed by atoms with van der Waals surface area (Å²) < 4.78 is 2.00. The smallest absolute Gasteiger partial charge is 0.175 e. The molecule has 2 aromatic rings. The molecule has 0 bridgehead atoms. The summed E-state index contributed by atoms with van der Waals surface area (Å²) in [4.78, 5) is 0. The normalized spacial score (nSPS) is 10.1. The number of aliphatic hydroxyl groups excluding tert-OH is 1. The molecule has 1 heterocycles. The molecule has 1 aromatic carbocycles. The lowest BCUT2D eigenvalue weighted by Gasteiger charge is -1.98. The second kappa shape index (κ2) is 8.32. The highest BCUT2D eigenvalue weighted by molar-refractivity contribution is 8.02. The van der Waals surface area contributed by atoms with E-state index < -0.39 is 0 Å². The highest BCUT2D eigenvalue weighted by Crippen LogP contribution is 2.29. The van der Waals surface area contributed by atoms with E-state index in [2.05, 4.69) is 34.2 Å². The van der Waals surface area contributed by atoms with E-state index >= 15 is 0 Å². The van der Waals surface area contributed by atoms with E-state index in [-0.39, 0.29) is 6.61 Å². The molecule has 6 heteroatoms. The lowest BCUT2D eigenvalue weighted by molar-refractivity contribution is 0.305. The van der Waals surface area contributed by atoms with Crippen LogP contribution in [0.2, 0.25) is 0 Å². The van der Waals surface area contributed by atoms with E-state index in [1.54, 1.807) is 34.9 Å². The van der Waals surface area contributed by atoms with Crippen LogP contribution in [0.3, 0.4) is 0 Å².